The molecule has 0 bridgehead atoms. The van der Waals surface area contributed by atoms with Crippen molar-refractivity contribution in [3.63, 3.8) is 0 Å². The van der Waals surface area contributed by atoms with E-state index in [2.05, 4.69) is 12.2 Å². The zero-order valence-corrected chi connectivity index (χ0v) is 12.4. The fourth-order valence-corrected chi connectivity index (χ4v) is 4.48. The molecule has 2 aliphatic heterocycles. The third-order valence-electron chi connectivity index (χ3n) is 4.45. The highest BCUT2D eigenvalue weighted by Crippen LogP contribution is 2.38. The molecule has 2 saturated heterocycles. The molecule has 106 valence electrons. The van der Waals surface area contributed by atoms with E-state index in [0.29, 0.717) is 17.9 Å². The van der Waals surface area contributed by atoms with Crippen molar-refractivity contribution in [2.75, 3.05) is 32.4 Å². The van der Waals surface area contributed by atoms with Crippen molar-refractivity contribution in [1.29, 1.82) is 0 Å². The molecule has 2 heterocycles. The average molecular weight is 274 g/mol. The second-order valence-electron chi connectivity index (χ2n) is 6.19. The van der Waals surface area contributed by atoms with Gasteiger partial charge in [-0.2, -0.15) is 0 Å². The largest absolute Gasteiger partial charge is 0.316 e. The van der Waals surface area contributed by atoms with E-state index in [1.807, 2.05) is 0 Å². The predicted molar refractivity (Wildman–Crippen MR) is 74.0 cm³/mol. The highest BCUT2D eigenvalue weighted by molar-refractivity contribution is 7.88. The van der Waals surface area contributed by atoms with Crippen molar-refractivity contribution in [2.24, 2.45) is 11.3 Å². The van der Waals surface area contributed by atoms with Crippen molar-refractivity contribution in [2.45, 2.75) is 39.0 Å². The smallest absolute Gasteiger partial charge is 0.211 e. The molecule has 0 radical (unpaired) electrons. The molecule has 0 aromatic carbocycles. The summed E-state index contributed by atoms with van der Waals surface area (Å²) in [7, 11) is -3.00. The summed E-state index contributed by atoms with van der Waals surface area (Å²) in [6.07, 6.45) is 7.24. The van der Waals surface area contributed by atoms with Gasteiger partial charge in [-0.3, -0.25) is 0 Å². The summed E-state index contributed by atoms with van der Waals surface area (Å²) in [5, 5.41) is 3.39. The van der Waals surface area contributed by atoms with E-state index in [9.17, 15) is 8.42 Å². The molecule has 2 fully saturated rings. The summed E-state index contributed by atoms with van der Waals surface area (Å²) >= 11 is 0. The quantitative estimate of drug-likeness (QED) is 0.825. The summed E-state index contributed by atoms with van der Waals surface area (Å²) in [6.45, 7) is 5.94. The lowest BCUT2D eigenvalue weighted by Gasteiger charge is -2.46. The highest BCUT2D eigenvalue weighted by atomic mass is 32.2. The van der Waals surface area contributed by atoms with Crippen LogP contribution in [0.5, 0.6) is 0 Å². The van der Waals surface area contributed by atoms with Gasteiger partial charge in [-0.1, -0.05) is 13.3 Å². The molecule has 5 heteroatoms. The summed E-state index contributed by atoms with van der Waals surface area (Å²) in [5.41, 5.74) is 0.458. The van der Waals surface area contributed by atoms with E-state index >= 15 is 0 Å². The fraction of sp³-hybridized carbons (Fsp3) is 1.00. The van der Waals surface area contributed by atoms with Crippen molar-refractivity contribution >= 4 is 10.0 Å². The predicted octanol–water partition coefficient (Wildman–Crippen LogP) is 1.44. The molecule has 0 spiro atoms. The van der Waals surface area contributed by atoms with E-state index in [-0.39, 0.29) is 0 Å². The van der Waals surface area contributed by atoms with E-state index < -0.39 is 10.0 Å². The van der Waals surface area contributed by atoms with Crippen LogP contribution in [0.4, 0.5) is 0 Å². The Balaban J connectivity index is 1.93. The molecule has 0 aliphatic carbocycles. The third kappa shape index (κ3) is 3.25. The van der Waals surface area contributed by atoms with Crippen LogP contribution in [-0.4, -0.2) is 45.2 Å². The van der Waals surface area contributed by atoms with E-state index in [0.717, 1.165) is 26.1 Å². The maximum absolute atomic E-state index is 11.6. The lowest BCUT2D eigenvalue weighted by atomic mass is 9.70. The van der Waals surface area contributed by atoms with Crippen molar-refractivity contribution in [3.05, 3.63) is 0 Å². The molecule has 1 N–H and O–H groups in total. The third-order valence-corrected chi connectivity index (χ3v) is 5.72. The number of hydrogen-bond acceptors (Lipinski definition) is 3. The van der Waals surface area contributed by atoms with E-state index in [4.69, 9.17) is 0 Å². The maximum Gasteiger partial charge on any atom is 0.211 e. The number of nitrogens with zero attached hydrogens (tertiary/aromatic N) is 1. The lowest BCUT2D eigenvalue weighted by Crippen LogP contribution is -2.55. The first-order valence-corrected chi connectivity index (χ1v) is 8.96. The van der Waals surface area contributed by atoms with Gasteiger partial charge < -0.3 is 5.32 Å². The molecule has 1 atom stereocenters. The van der Waals surface area contributed by atoms with Crippen molar-refractivity contribution in [3.8, 4) is 0 Å². The number of nitrogens with one attached hydrogen (secondary N) is 1. The van der Waals surface area contributed by atoms with Gasteiger partial charge in [-0.25, -0.2) is 12.7 Å². The standard InChI is InChI=1S/C13H26N2O2S/c1-3-6-13(10-14-11-13)8-12-5-4-7-15(9-12)18(2,16)17/h12,14H,3-11H2,1-2H3. The number of hydrogen-bond donors (Lipinski definition) is 1. The van der Waals surface area contributed by atoms with Crippen LogP contribution in [0.2, 0.25) is 0 Å². The van der Waals surface area contributed by atoms with Crippen LogP contribution >= 0.6 is 0 Å². The highest BCUT2D eigenvalue weighted by Gasteiger charge is 2.39. The zero-order valence-electron chi connectivity index (χ0n) is 11.6. The summed E-state index contributed by atoms with van der Waals surface area (Å²) in [5.74, 6) is 0.558. The minimum atomic E-state index is -3.00. The Bertz CT molecular complexity index is 376. The molecule has 0 aromatic rings. The fourth-order valence-electron chi connectivity index (χ4n) is 3.54. The number of rotatable bonds is 5. The van der Waals surface area contributed by atoms with Gasteiger partial charge >= 0.3 is 0 Å². The molecule has 0 amide bonds. The Hall–Kier alpha value is -0.130. The van der Waals surface area contributed by atoms with Gasteiger partial charge in [0.2, 0.25) is 10.0 Å². The zero-order chi connectivity index (χ0) is 13.2. The van der Waals surface area contributed by atoms with Gasteiger partial charge in [0.15, 0.2) is 0 Å². The minimum Gasteiger partial charge on any atom is -0.316 e. The molecular weight excluding hydrogens is 248 g/mol. The van der Waals surface area contributed by atoms with Crippen LogP contribution in [0.25, 0.3) is 0 Å². The Kier molecular flexibility index (Phi) is 4.34. The lowest BCUT2D eigenvalue weighted by molar-refractivity contribution is 0.0901. The summed E-state index contributed by atoms with van der Waals surface area (Å²) in [6, 6.07) is 0. The van der Waals surface area contributed by atoms with Crippen LogP contribution in [0, 0.1) is 11.3 Å². The Morgan fingerprint density at radius 1 is 1.39 bits per heavy atom. The summed E-state index contributed by atoms with van der Waals surface area (Å²) < 4.78 is 24.9. The van der Waals surface area contributed by atoms with Crippen molar-refractivity contribution < 1.29 is 8.42 Å². The summed E-state index contributed by atoms with van der Waals surface area (Å²) in [4.78, 5) is 0. The average Bonchev–Trinajstić information content (AvgIpc) is 2.25. The first-order chi connectivity index (χ1) is 8.45. The number of piperidine rings is 1. The molecule has 2 aliphatic rings. The molecule has 18 heavy (non-hydrogen) atoms. The second-order valence-corrected chi connectivity index (χ2v) is 8.17. The van der Waals surface area contributed by atoms with Gasteiger partial charge in [-0.15, -0.1) is 0 Å². The van der Waals surface area contributed by atoms with E-state index in [1.54, 1.807) is 4.31 Å². The van der Waals surface area contributed by atoms with Crippen LogP contribution in [0.15, 0.2) is 0 Å². The monoisotopic (exact) mass is 274 g/mol. The Morgan fingerprint density at radius 3 is 2.61 bits per heavy atom. The normalized spacial score (nSPS) is 28.9. The van der Waals surface area contributed by atoms with Crippen LogP contribution in [0.1, 0.15) is 39.0 Å². The molecule has 2 rings (SSSR count). The Labute approximate surface area is 111 Å². The van der Waals surface area contributed by atoms with Gasteiger partial charge in [0.05, 0.1) is 6.26 Å². The van der Waals surface area contributed by atoms with Crippen molar-refractivity contribution in [1.82, 2.24) is 9.62 Å². The Morgan fingerprint density at radius 2 is 2.11 bits per heavy atom. The van der Waals surface area contributed by atoms with Gasteiger partial charge in [0.25, 0.3) is 0 Å². The van der Waals surface area contributed by atoms with Gasteiger partial charge in [0, 0.05) is 26.2 Å². The molecular formula is C13H26N2O2S. The maximum atomic E-state index is 11.6. The van der Waals surface area contributed by atoms with Crippen LogP contribution < -0.4 is 5.32 Å². The van der Waals surface area contributed by atoms with Crippen LogP contribution in [-0.2, 0) is 10.0 Å². The topological polar surface area (TPSA) is 49.4 Å². The molecule has 4 nitrogen and oxygen atoms in total. The van der Waals surface area contributed by atoms with Crippen LogP contribution in [0.3, 0.4) is 0 Å². The van der Waals surface area contributed by atoms with Gasteiger partial charge in [-0.05, 0) is 37.0 Å². The van der Waals surface area contributed by atoms with E-state index in [1.165, 1.54) is 31.9 Å². The second kappa shape index (κ2) is 5.47. The molecule has 0 aromatic heterocycles. The number of sulfonamides is 1. The SMILES string of the molecule is CCCC1(CC2CCCN(S(C)(=O)=O)C2)CNC1. The minimum absolute atomic E-state index is 0.458. The molecule has 1 unspecified atom stereocenters. The first-order valence-electron chi connectivity index (χ1n) is 7.11. The first kappa shape index (κ1) is 14.3. The van der Waals surface area contributed by atoms with Gasteiger partial charge in [0.1, 0.15) is 0 Å². The molecule has 0 saturated carbocycles.